The van der Waals surface area contributed by atoms with Crippen LogP contribution in [0.15, 0.2) is 60.7 Å². The molecule has 0 fully saturated rings. The molecule has 0 unspecified atom stereocenters. The van der Waals surface area contributed by atoms with E-state index < -0.39 is 5.41 Å². The highest BCUT2D eigenvalue weighted by atomic mass is 16.1. The van der Waals surface area contributed by atoms with Crippen LogP contribution in [0.5, 0.6) is 0 Å². The lowest BCUT2D eigenvalue weighted by Gasteiger charge is -2.31. The smallest absolute Gasteiger partial charge is 0.120 e. The van der Waals surface area contributed by atoms with Crippen LogP contribution in [0.25, 0.3) is 0 Å². The van der Waals surface area contributed by atoms with Crippen molar-refractivity contribution in [2.24, 2.45) is 0 Å². The Morgan fingerprint density at radius 2 is 1.65 bits per heavy atom. The van der Waals surface area contributed by atoms with Crippen LogP contribution in [-0.4, -0.2) is 6.29 Å². The van der Waals surface area contributed by atoms with Gasteiger partial charge in [0.05, 0.1) is 11.5 Å². The van der Waals surface area contributed by atoms with Gasteiger partial charge >= 0.3 is 0 Å². The molecule has 0 aliphatic rings. The molecule has 20 heavy (non-hydrogen) atoms. The predicted octanol–water partition coefficient (Wildman–Crippen LogP) is 3.84. The van der Waals surface area contributed by atoms with Crippen LogP contribution in [0.3, 0.4) is 0 Å². The topological polar surface area (TPSA) is 40.9 Å². The molecule has 0 saturated heterocycles. The van der Waals surface area contributed by atoms with Gasteiger partial charge in [0.1, 0.15) is 6.29 Å². The largest absolute Gasteiger partial charge is 0.303 e. The van der Waals surface area contributed by atoms with E-state index in [0.717, 1.165) is 17.4 Å². The zero-order chi connectivity index (χ0) is 14.4. The van der Waals surface area contributed by atoms with Gasteiger partial charge in [0.25, 0.3) is 0 Å². The maximum atomic E-state index is 11.1. The lowest BCUT2D eigenvalue weighted by atomic mass is 9.69. The van der Waals surface area contributed by atoms with Crippen molar-refractivity contribution >= 4 is 6.29 Å². The number of nitriles is 1. The van der Waals surface area contributed by atoms with Crippen LogP contribution in [0.1, 0.15) is 30.4 Å². The van der Waals surface area contributed by atoms with Gasteiger partial charge < -0.3 is 4.79 Å². The van der Waals surface area contributed by atoms with Crippen molar-refractivity contribution in [3.05, 3.63) is 71.8 Å². The number of carbonyl (C=O) groups excluding carboxylic acids is 1. The number of hydrogen-bond donors (Lipinski definition) is 0. The zero-order valence-electron chi connectivity index (χ0n) is 11.5. The number of carbonyl (C=O) groups is 1. The van der Waals surface area contributed by atoms with Crippen LogP contribution in [-0.2, 0) is 10.2 Å². The van der Waals surface area contributed by atoms with Crippen LogP contribution < -0.4 is 0 Å². The van der Waals surface area contributed by atoms with E-state index in [-0.39, 0.29) is 5.92 Å². The minimum absolute atomic E-state index is 0.145. The second-order valence-electron chi connectivity index (χ2n) is 5.05. The van der Waals surface area contributed by atoms with Crippen molar-refractivity contribution in [3.63, 3.8) is 0 Å². The third kappa shape index (κ3) is 2.62. The highest BCUT2D eigenvalue weighted by Crippen LogP contribution is 2.40. The van der Waals surface area contributed by atoms with E-state index in [9.17, 15) is 10.1 Å². The molecule has 0 amide bonds. The standard InChI is InChI=1S/C18H17NO/c1-18(14-19,16-10-6-3-7-11-16)17(12-13-20)15-8-4-2-5-9-15/h2-11,13,17H,12H2,1H3/t17-,18-/m1/s1. The molecule has 0 radical (unpaired) electrons. The zero-order valence-corrected chi connectivity index (χ0v) is 11.5. The second-order valence-corrected chi connectivity index (χ2v) is 5.05. The van der Waals surface area contributed by atoms with Crippen molar-refractivity contribution in [2.75, 3.05) is 0 Å². The second kappa shape index (κ2) is 6.16. The van der Waals surface area contributed by atoms with Crippen LogP contribution in [0.4, 0.5) is 0 Å². The van der Waals surface area contributed by atoms with Crippen LogP contribution in [0, 0.1) is 11.3 Å². The molecule has 2 heteroatoms. The Balaban J connectivity index is 2.51. The van der Waals surface area contributed by atoms with E-state index in [1.54, 1.807) is 0 Å². The van der Waals surface area contributed by atoms with E-state index in [1.165, 1.54) is 0 Å². The molecule has 2 aromatic rings. The first-order valence-electron chi connectivity index (χ1n) is 6.67. The molecule has 2 nitrogen and oxygen atoms in total. The molecule has 2 atom stereocenters. The van der Waals surface area contributed by atoms with Gasteiger partial charge in [-0.3, -0.25) is 0 Å². The maximum Gasteiger partial charge on any atom is 0.120 e. The molecule has 0 aliphatic heterocycles. The van der Waals surface area contributed by atoms with Crippen molar-refractivity contribution in [3.8, 4) is 6.07 Å². The Kier molecular flexibility index (Phi) is 4.32. The summed E-state index contributed by atoms with van der Waals surface area (Å²) >= 11 is 0. The van der Waals surface area contributed by atoms with E-state index in [4.69, 9.17) is 0 Å². The van der Waals surface area contributed by atoms with E-state index in [2.05, 4.69) is 6.07 Å². The molecule has 0 N–H and O–H groups in total. The minimum Gasteiger partial charge on any atom is -0.303 e. The quantitative estimate of drug-likeness (QED) is 0.769. The number of benzene rings is 2. The van der Waals surface area contributed by atoms with Crippen LogP contribution in [0.2, 0.25) is 0 Å². The molecule has 2 rings (SSSR count). The summed E-state index contributed by atoms with van der Waals surface area (Å²) in [4.78, 5) is 11.1. The molecule has 0 bridgehead atoms. The molecule has 2 aromatic carbocycles. The fourth-order valence-corrected chi connectivity index (χ4v) is 2.61. The van der Waals surface area contributed by atoms with Gasteiger partial charge in [0, 0.05) is 12.3 Å². The van der Waals surface area contributed by atoms with E-state index in [0.29, 0.717) is 6.42 Å². The number of hydrogen-bond acceptors (Lipinski definition) is 2. The lowest BCUT2D eigenvalue weighted by Crippen LogP contribution is -2.29. The molecule has 0 aliphatic carbocycles. The highest BCUT2D eigenvalue weighted by Gasteiger charge is 2.36. The fourth-order valence-electron chi connectivity index (χ4n) is 2.61. The minimum atomic E-state index is -0.719. The summed E-state index contributed by atoms with van der Waals surface area (Å²) in [6, 6.07) is 21.9. The number of rotatable bonds is 5. The lowest BCUT2D eigenvalue weighted by molar-refractivity contribution is -0.108. The molecule has 0 aromatic heterocycles. The van der Waals surface area contributed by atoms with Gasteiger partial charge in [-0.2, -0.15) is 5.26 Å². The Morgan fingerprint density at radius 3 is 2.15 bits per heavy atom. The van der Waals surface area contributed by atoms with Crippen molar-refractivity contribution in [2.45, 2.75) is 24.7 Å². The van der Waals surface area contributed by atoms with E-state index >= 15 is 0 Å². The summed E-state index contributed by atoms with van der Waals surface area (Å²) in [5.41, 5.74) is 1.24. The average molecular weight is 263 g/mol. The molecule has 100 valence electrons. The third-order valence-electron chi connectivity index (χ3n) is 3.84. The first kappa shape index (κ1) is 14.0. The summed E-state index contributed by atoms with van der Waals surface area (Å²) in [6.45, 7) is 1.91. The van der Waals surface area contributed by atoms with Crippen molar-refractivity contribution in [1.82, 2.24) is 0 Å². The van der Waals surface area contributed by atoms with Gasteiger partial charge in [0.15, 0.2) is 0 Å². The monoisotopic (exact) mass is 263 g/mol. The van der Waals surface area contributed by atoms with Gasteiger partial charge in [-0.1, -0.05) is 60.7 Å². The first-order chi connectivity index (χ1) is 9.72. The van der Waals surface area contributed by atoms with Crippen molar-refractivity contribution < 1.29 is 4.79 Å². The van der Waals surface area contributed by atoms with Crippen LogP contribution >= 0.6 is 0 Å². The van der Waals surface area contributed by atoms with Gasteiger partial charge in [0.2, 0.25) is 0 Å². The number of aldehydes is 1. The van der Waals surface area contributed by atoms with Gasteiger partial charge in [-0.25, -0.2) is 0 Å². The maximum absolute atomic E-state index is 11.1. The Hall–Kier alpha value is -2.40. The molecule has 0 spiro atoms. The summed E-state index contributed by atoms with van der Waals surface area (Å²) in [6.07, 6.45) is 1.24. The predicted molar refractivity (Wildman–Crippen MR) is 79.3 cm³/mol. The molecule has 0 saturated carbocycles. The molecule has 0 heterocycles. The average Bonchev–Trinajstić information content (AvgIpc) is 2.53. The summed E-state index contributed by atoms with van der Waals surface area (Å²) in [7, 11) is 0. The Labute approximate surface area is 119 Å². The SMILES string of the molecule is C[C@@](C#N)(c1ccccc1)[C@H](CC=O)c1ccccc1. The highest BCUT2D eigenvalue weighted by molar-refractivity contribution is 5.54. The first-order valence-corrected chi connectivity index (χ1v) is 6.67. The normalized spacial score (nSPS) is 14.8. The molecular formula is C18H17NO. The van der Waals surface area contributed by atoms with Crippen molar-refractivity contribution in [1.29, 1.82) is 5.26 Å². The fraction of sp³-hybridized carbons (Fsp3) is 0.222. The summed E-state index contributed by atoms with van der Waals surface area (Å²) in [5.74, 6) is -0.145. The Bertz CT molecular complexity index is 600. The summed E-state index contributed by atoms with van der Waals surface area (Å²) in [5, 5.41) is 9.73. The van der Waals surface area contributed by atoms with E-state index in [1.807, 2.05) is 67.6 Å². The third-order valence-corrected chi connectivity index (χ3v) is 3.84. The van der Waals surface area contributed by atoms with Gasteiger partial charge in [-0.05, 0) is 18.1 Å². The molecular weight excluding hydrogens is 246 g/mol. The Morgan fingerprint density at radius 1 is 1.10 bits per heavy atom. The van der Waals surface area contributed by atoms with Gasteiger partial charge in [-0.15, -0.1) is 0 Å². The number of nitrogens with zero attached hydrogens (tertiary/aromatic N) is 1. The summed E-state index contributed by atoms with van der Waals surface area (Å²) < 4.78 is 0.